The topological polar surface area (TPSA) is 30.5 Å². The first-order valence-electron chi connectivity index (χ1n) is 7.54. The number of rotatable bonds is 3. The lowest BCUT2D eigenvalue weighted by molar-refractivity contribution is 0.171. The van der Waals surface area contributed by atoms with Crippen LogP contribution in [0.2, 0.25) is 0 Å². The van der Waals surface area contributed by atoms with E-state index in [9.17, 15) is 0 Å². The van der Waals surface area contributed by atoms with E-state index >= 15 is 0 Å². The van der Waals surface area contributed by atoms with E-state index in [0.717, 1.165) is 18.0 Å². The molecule has 1 saturated carbocycles. The fourth-order valence-corrected chi connectivity index (χ4v) is 2.93. The molecule has 0 spiro atoms. The molecule has 2 unspecified atom stereocenters. The largest absolute Gasteiger partial charge is 0.486 e. The van der Waals surface area contributed by atoms with Gasteiger partial charge in [-0.05, 0) is 62.8 Å². The van der Waals surface area contributed by atoms with Gasteiger partial charge in [-0.2, -0.15) is 0 Å². The minimum Gasteiger partial charge on any atom is -0.486 e. The SMILES string of the molecule is CC(C)(C)NCC1CC1(C)c1ccc2c(c1)OCCO2. The standard InChI is InChI=1S/C17H25NO2/c1-16(2,3)18-11-13-10-17(13,4)12-5-6-14-15(9-12)20-8-7-19-14/h5-6,9,13,18H,7-8,10-11H2,1-4H3. The van der Waals surface area contributed by atoms with Crippen LogP contribution in [-0.2, 0) is 5.41 Å². The predicted molar refractivity (Wildman–Crippen MR) is 80.6 cm³/mol. The maximum absolute atomic E-state index is 5.70. The van der Waals surface area contributed by atoms with Crippen LogP contribution in [0.25, 0.3) is 0 Å². The summed E-state index contributed by atoms with van der Waals surface area (Å²) in [6, 6.07) is 6.43. The normalized spacial score (nSPS) is 28.3. The van der Waals surface area contributed by atoms with Gasteiger partial charge in [0.05, 0.1) is 0 Å². The van der Waals surface area contributed by atoms with Gasteiger partial charge in [0.15, 0.2) is 11.5 Å². The van der Waals surface area contributed by atoms with Gasteiger partial charge in [-0.1, -0.05) is 13.0 Å². The molecule has 3 rings (SSSR count). The second-order valence-corrected chi connectivity index (χ2v) is 7.31. The number of ether oxygens (including phenoxy) is 2. The van der Waals surface area contributed by atoms with Gasteiger partial charge < -0.3 is 14.8 Å². The Morgan fingerprint density at radius 3 is 2.60 bits per heavy atom. The summed E-state index contributed by atoms with van der Waals surface area (Å²) >= 11 is 0. The molecular formula is C17H25NO2. The minimum absolute atomic E-state index is 0.191. The van der Waals surface area contributed by atoms with Gasteiger partial charge in [-0.15, -0.1) is 0 Å². The molecule has 1 fully saturated rings. The van der Waals surface area contributed by atoms with Crippen molar-refractivity contribution in [1.29, 1.82) is 0 Å². The van der Waals surface area contributed by atoms with Crippen LogP contribution in [0.15, 0.2) is 18.2 Å². The number of hydrogen-bond acceptors (Lipinski definition) is 3. The highest BCUT2D eigenvalue weighted by molar-refractivity contribution is 5.47. The van der Waals surface area contributed by atoms with Crippen LogP contribution in [-0.4, -0.2) is 25.3 Å². The first kappa shape index (κ1) is 13.7. The van der Waals surface area contributed by atoms with E-state index in [1.807, 2.05) is 0 Å². The molecule has 1 heterocycles. The van der Waals surface area contributed by atoms with Gasteiger partial charge in [0.25, 0.3) is 0 Å². The Balaban J connectivity index is 1.71. The predicted octanol–water partition coefficient (Wildman–Crippen LogP) is 3.12. The van der Waals surface area contributed by atoms with Gasteiger partial charge >= 0.3 is 0 Å². The summed E-state index contributed by atoms with van der Waals surface area (Å²) in [5.74, 6) is 2.50. The second-order valence-electron chi connectivity index (χ2n) is 7.31. The third-order valence-electron chi connectivity index (χ3n) is 4.49. The van der Waals surface area contributed by atoms with Crippen molar-refractivity contribution in [3.8, 4) is 11.5 Å². The van der Waals surface area contributed by atoms with Crippen molar-refractivity contribution in [2.75, 3.05) is 19.8 Å². The van der Waals surface area contributed by atoms with E-state index in [1.54, 1.807) is 0 Å². The van der Waals surface area contributed by atoms with E-state index in [4.69, 9.17) is 9.47 Å². The van der Waals surface area contributed by atoms with E-state index < -0.39 is 0 Å². The molecule has 2 atom stereocenters. The Morgan fingerprint density at radius 2 is 1.90 bits per heavy atom. The van der Waals surface area contributed by atoms with E-state index in [-0.39, 0.29) is 11.0 Å². The highest BCUT2D eigenvalue weighted by atomic mass is 16.6. The van der Waals surface area contributed by atoms with Gasteiger partial charge in [0.2, 0.25) is 0 Å². The molecule has 1 aliphatic carbocycles. The Hall–Kier alpha value is -1.22. The van der Waals surface area contributed by atoms with Crippen molar-refractivity contribution in [3.63, 3.8) is 0 Å². The number of benzene rings is 1. The van der Waals surface area contributed by atoms with E-state index in [2.05, 4.69) is 51.2 Å². The zero-order valence-electron chi connectivity index (χ0n) is 13.0. The Labute approximate surface area is 121 Å². The minimum atomic E-state index is 0.191. The average Bonchev–Trinajstić information content (AvgIpc) is 3.08. The molecule has 20 heavy (non-hydrogen) atoms. The number of nitrogens with one attached hydrogen (secondary N) is 1. The van der Waals surface area contributed by atoms with Crippen LogP contribution < -0.4 is 14.8 Å². The Bertz CT molecular complexity index is 506. The summed E-state index contributed by atoms with van der Waals surface area (Å²) in [4.78, 5) is 0. The molecule has 3 heteroatoms. The second kappa shape index (κ2) is 4.66. The number of hydrogen-bond donors (Lipinski definition) is 1. The summed E-state index contributed by atoms with van der Waals surface area (Å²) in [6.07, 6.45) is 1.25. The third kappa shape index (κ3) is 2.64. The maximum Gasteiger partial charge on any atom is 0.161 e. The first-order chi connectivity index (χ1) is 9.38. The van der Waals surface area contributed by atoms with Crippen molar-refractivity contribution in [3.05, 3.63) is 23.8 Å². The van der Waals surface area contributed by atoms with Crippen molar-refractivity contribution in [2.24, 2.45) is 5.92 Å². The van der Waals surface area contributed by atoms with Crippen LogP contribution in [0, 0.1) is 5.92 Å². The quantitative estimate of drug-likeness (QED) is 0.919. The molecule has 2 aliphatic rings. The van der Waals surface area contributed by atoms with Crippen molar-refractivity contribution >= 4 is 0 Å². The molecule has 0 saturated heterocycles. The summed E-state index contributed by atoms with van der Waals surface area (Å²) in [6.45, 7) is 11.4. The third-order valence-corrected chi connectivity index (χ3v) is 4.49. The van der Waals surface area contributed by atoms with E-state index in [1.165, 1.54) is 12.0 Å². The van der Waals surface area contributed by atoms with Crippen molar-refractivity contribution < 1.29 is 9.47 Å². The van der Waals surface area contributed by atoms with Gasteiger partial charge in [0, 0.05) is 5.54 Å². The number of fused-ring (bicyclic) bond motifs is 1. The molecule has 1 N–H and O–H groups in total. The summed E-state index contributed by atoms with van der Waals surface area (Å²) in [5, 5.41) is 3.62. The van der Waals surface area contributed by atoms with Gasteiger partial charge in [-0.3, -0.25) is 0 Å². The van der Waals surface area contributed by atoms with Crippen LogP contribution in [0.3, 0.4) is 0 Å². The van der Waals surface area contributed by atoms with Crippen molar-refractivity contribution in [1.82, 2.24) is 5.32 Å². The first-order valence-corrected chi connectivity index (χ1v) is 7.54. The smallest absolute Gasteiger partial charge is 0.161 e. The molecule has 0 radical (unpaired) electrons. The van der Waals surface area contributed by atoms with Gasteiger partial charge in [0.1, 0.15) is 13.2 Å². The molecule has 3 nitrogen and oxygen atoms in total. The van der Waals surface area contributed by atoms with Crippen LogP contribution in [0.1, 0.15) is 39.7 Å². The average molecular weight is 275 g/mol. The molecule has 1 aromatic carbocycles. The van der Waals surface area contributed by atoms with Crippen LogP contribution in [0.5, 0.6) is 11.5 Å². The zero-order chi connectivity index (χ0) is 14.4. The fraction of sp³-hybridized carbons (Fsp3) is 0.647. The lowest BCUT2D eigenvalue weighted by atomic mass is 9.94. The molecule has 1 aromatic rings. The molecule has 0 amide bonds. The van der Waals surface area contributed by atoms with Gasteiger partial charge in [-0.25, -0.2) is 0 Å². The summed E-state index contributed by atoms with van der Waals surface area (Å²) in [7, 11) is 0. The summed E-state index contributed by atoms with van der Waals surface area (Å²) in [5.41, 5.74) is 1.85. The highest BCUT2D eigenvalue weighted by Crippen LogP contribution is 2.54. The van der Waals surface area contributed by atoms with E-state index in [0.29, 0.717) is 19.1 Å². The zero-order valence-corrected chi connectivity index (χ0v) is 13.0. The Morgan fingerprint density at radius 1 is 1.20 bits per heavy atom. The molecule has 0 bridgehead atoms. The Kier molecular flexibility index (Phi) is 3.20. The summed E-state index contributed by atoms with van der Waals surface area (Å²) < 4.78 is 11.3. The van der Waals surface area contributed by atoms with Crippen LogP contribution in [0.4, 0.5) is 0 Å². The lowest BCUT2D eigenvalue weighted by Crippen LogP contribution is -2.37. The molecule has 110 valence electrons. The molecule has 0 aromatic heterocycles. The monoisotopic (exact) mass is 275 g/mol. The van der Waals surface area contributed by atoms with Crippen molar-refractivity contribution in [2.45, 2.75) is 45.1 Å². The molecule has 1 aliphatic heterocycles. The molecular weight excluding hydrogens is 250 g/mol. The fourth-order valence-electron chi connectivity index (χ4n) is 2.93. The van der Waals surface area contributed by atoms with Crippen LogP contribution >= 0.6 is 0 Å². The lowest BCUT2D eigenvalue weighted by Gasteiger charge is -2.23. The maximum atomic E-state index is 5.70. The highest BCUT2D eigenvalue weighted by Gasteiger charge is 2.51.